The van der Waals surface area contributed by atoms with Gasteiger partial charge in [-0.3, -0.25) is 0 Å². The van der Waals surface area contributed by atoms with Crippen molar-refractivity contribution in [3.05, 3.63) is 54.1 Å². The predicted molar refractivity (Wildman–Crippen MR) is 99.4 cm³/mol. The molecule has 2 aromatic carbocycles. The molecule has 1 aliphatic rings. The number of phenolic OH excluding ortho intramolecular Hbond substituents is 1. The van der Waals surface area contributed by atoms with Gasteiger partial charge in [-0.2, -0.15) is 0 Å². The molecule has 3 heteroatoms. The van der Waals surface area contributed by atoms with Gasteiger partial charge in [0.05, 0.1) is 0 Å². The number of hydrogen-bond acceptors (Lipinski definition) is 2. The number of aromatic nitrogens is 1. The zero-order chi connectivity index (χ0) is 16.9. The topological polar surface area (TPSA) is 56.2 Å². The number of phenols is 1. The molecule has 1 saturated carbocycles. The first kappa shape index (κ1) is 16.6. The third-order valence-electron chi connectivity index (χ3n) is 4.91. The molecule has 1 aromatic heterocycles. The lowest BCUT2D eigenvalue weighted by molar-refractivity contribution is 0.399. The maximum atomic E-state index is 10.3. The Morgan fingerprint density at radius 1 is 0.917 bits per heavy atom. The van der Waals surface area contributed by atoms with Gasteiger partial charge in [-0.05, 0) is 60.2 Å². The van der Waals surface area contributed by atoms with Crippen LogP contribution in [0.1, 0.15) is 43.6 Å². The van der Waals surface area contributed by atoms with E-state index in [1.165, 1.54) is 37.5 Å². The summed E-state index contributed by atoms with van der Waals surface area (Å²) in [5, 5.41) is 18.5. The van der Waals surface area contributed by atoms with Crippen molar-refractivity contribution in [3.63, 3.8) is 0 Å². The van der Waals surface area contributed by atoms with Crippen LogP contribution in [0.2, 0.25) is 0 Å². The fourth-order valence-corrected chi connectivity index (χ4v) is 3.69. The van der Waals surface area contributed by atoms with E-state index in [-0.39, 0.29) is 0 Å². The summed E-state index contributed by atoms with van der Waals surface area (Å²) in [5.74, 6) is 0.963. The van der Waals surface area contributed by atoms with E-state index in [1.807, 2.05) is 18.2 Å². The molecule has 3 nitrogen and oxygen atoms in total. The number of fused-ring (bicyclic) bond motifs is 1. The molecule has 4 rings (SSSR count). The van der Waals surface area contributed by atoms with Crippen LogP contribution >= 0.6 is 0 Å². The number of rotatable bonds is 2. The van der Waals surface area contributed by atoms with E-state index in [0.717, 1.165) is 29.4 Å². The minimum absolute atomic E-state index is 0.451. The molecule has 1 heterocycles. The SMILES string of the molecule is CO.Oc1ccc(-c2cc3ccccc3[nH]2)cc1C1CCCCC1. The molecular weight excluding hydrogens is 298 g/mol. The lowest BCUT2D eigenvalue weighted by Gasteiger charge is -2.23. The standard InChI is InChI=1S/C20H21NO.CH4O/c22-20-11-10-16(12-17(20)14-6-2-1-3-7-14)19-13-15-8-4-5-9-18(15)21-19;1-2/h4-5,8-14,21-22H,1-3,6-7H2;2H,1H3. The summed E-state index contributed by atoms with van der Waals surface area (Å²) < 4.78 is 0. The van der Waals surface area contributed by atoms with E-state index in [0.29, 0.717) is 11.7 Å². The zero-order valence-electron chi connectivity index (χ0n) is 14.1. The number of nitrogens with one attached hydrogen (secondary N) is 1. The van der Waals surface area contributed by atoms with Crippen molar-refractivity contribution < 1.29 is 10.2 Å². The quantitative estimate of drug-likeness (QED) is 0.607. The molecule has 0 saturated heterocycles. The van der Waals surface area contributed by atoms with Gasteiger partial charge in [0, 0.05) is 23.7 Å². The Bertz CT molecular complexity index is 767. The second-order valence-electron chi connectivity index (χ2n) is 6.38. The summed E-state index contributed by atoms with van der Waals surface area (Å²) in [6.07, 6.45) is 6.29. The Morgan fingerprint density at radius 3 is 2.42 bits per heavy atom. The van der Waals surface area contributed by atoms with Gasteiger partial charge in [0.15, 0.2) is 0 Å². The first-order valence-electron chi connectivity index (χ1n) is 8.67. The third-order valence-corrected chi connectivity index (χ3v) is 4.91. The molecule has 1 aliphatic carbocycles. The van der Waals surface area contributed by atoms with E-state index in [4.69, 9.17) is 5.11 Å². The largest absolute Gasteiger partial charge is 0.508 e. The van der Waals surface area contributed by atoms with Crippen molar-refractivity contribution in [2.75, 3.05) is 7.11 Å². The number of H-pyrrole nitrogens is 1. The van der Waals surface area contributed by atoms with Crippen molar-refractivity contribution in [1.82, 2.24) is 4.98 Å². The van der Waals surface area contributed by atoms with Gasteiger partial charge >= 0.3 is 0 Å². The summed E-state index contributed by atoms with van der Waals surface area (Å²) in [6.45, 7) is 0. The Morgan fingerprint density at radius 2 is 1.67 bits per heavy atom. The Kier molecular flexibility index (Phi) is 5.21. The van der Waals surface area contributed by atoms with Crippen molar-refractivity contribution in [2.24, 2.45) is 0 Å². The maximum absolute atomic E-state index is 10.3. The number of benzene rings is 2. The molecule has 0 atom stereocenters. The summed E-state index contributed by atoms with van der Waals surface area (Å²) in [7, 11) is 1.00. The van der Waals surface area contributed by atoms with Crippen LogP contribution in [-0.4, -0.2) is 22.3 Å². The second-order valence-corrected chi connectivity index (χ2v) is 6.38. The van der Waals surface area contributed by atoms with Crippen LogP contribution in [-0.2, 0) is 0 Å². The lowest BCUT2D eigenvalue weighted by atomic mass is 9.83. The molecule has 126 valence electrons. The van der Waals surface area contributed by atoms with E-state index >= 15 is 0 Å². The number of para-hydroxylation sites is 1. The second kappa shape index (κ2) is 7.54. The first-order valence-corrected chi connectivity index (χ1v) is 8.67. The number of aliphatic hydroxyl groups is 1. The molecular formula is C21H25NO2. The zero-order valence-corrected chi connectivity index (χ0v) is 14.1. The molecule has 3 aromatic rings. The van der Waals surface area contributed by atoms with Gasteiger partial charge in [-0.1, -0.05) is 37.5 Å². The van der Waals surface area contributed by atoms with Gasteiger partial charge in [0.2, 0.25) is 0 Å². The Labute approximate surface area is 143 Å². The Hall–Kier alpha value is -2.26. The van der Waals surface area contributed by atoms with Crippen LogP contribution < -0.4 is 0 Å². The maximum Gasteiger partial charge on any atom is 0.119 e. The summed E-state index contributed by atoms with van der Waals surface area (Å²) in [4.78, 5) is 3.48. The monoisotopic (exact) mass is 323 g/mol. The van der Waals surface area contributed by atoms with E-state index in [1.54, 1.807) is 0 Å². The lowest BCUT2D eigenvalue weighted by Crippen LogP contribution is -2.04. The summed E-state index contributed by atoms with van der Waals surface area (Å²) >= 11 is 0. The van der Waals surface area contributed by atoms with Crippen LogP contribution in [0, 0.1) is 0 Å². The molecule has 24 heavy (non-hydrogen) atoms. The average molecular weight is 323 g/mol. The van der Waals surface area contributed by atoms with Crippen molar-refractivity contribution in [1.29, 1.82) is 0 Å². The fraction of sp³-hybridized carbons (Fsp3) is 0.333. The van der Waals surface area contributed by atoms with Gasteiger partial charge in [-0.15, -0.1) is 0 Å². The number of aromatic amines is 1. The fourth-order valence-electron chi connectivity index (χ4n) is 3.69. The van der Waals surface area contributed by atoms with Crippen molar-refractivity contribution >= 4 is 10.9 Å². The highest BCUT2D eigenvalue weighted by Gasteiger charge is 2.19. The predicted octanol–water partition coefficient (Wildman–Crippen LogP) is 5.20. The molecule has 0 amide bonds. The van der Waals surface area contributed by atoms with Crippen LogP contribution in [0.25, 0.3) is 22.2 Å². The number of aliphatic hydroxyl groups excluding tert-OH is 1. The van der Waals surface area contributed by atoms with Gasteiger partial charge in [-0.25, -0.2) is 0 Å². The smallest absolute Gasteiger partial charge is 0.119 e. The third kappa shape index (κ3) is 3.31. The van der Waals surface area contributed by atoms with Crippen LogP contribution in [0.3, 0.4) is 0 Å². The highest BCUT2D eigenvalue weighted by Crippen LogP contribution is 2.39. The van der Waals surface area contributed by atoms with Gasteiger partial charge in [0.1, 0.15) is 5.75 Å². The van der Waals surface area contributed by atoms with E-state index in [9.17, 15) is 5.11 Å². The molecule has 0 aliphatic heterocycles. The van der Waals surface area contributed by atoms with E-state index < -0.39 is 0 Å². The van der Waals surface area contributed by atoms with E-state index in [2.05, 4.69) is 35.3 Å². The van der Waals surface area contributed by atoms with Crippen LogP contribution in [0.15, 0.2) is 48.5 Å². The summed E-state index contributed by atoms with van der Waals surface area (Å²) in [6, 6.07) is 16.6. The molecule has 0 unspecified atom stereocenters. The van der Waals surface area contributed by atoms with Crippen molar-refractivity contribution in [2.45, 2.75) is 38.0 Å². The van der Waals surface area contributed by atoms with Crippen molar-refractivity contribution in [3.8, 4) is 17.0 Å². The first-order chi connectivity index (χ1) is 11.8. The van der Waals surface area contributed by atoms with Crippen LogP contribution in [0.5, 0.6) is 5.75 Å². The minimum atomic E-state index is 0.451. The molecule has 3 N–H and O–H groups in total. The number of aromatic hydroxyl groups is 1. The molecule has 0 spiro atoms. The van der Waals surface area contributed by atoms with Gasteiger partial charge in [0.25, 0.3) is 0 Å². The Balaban J connectivity index is 0.000000815. The van der Waals surface area contributed by atoms with Crippen LogP contribution in [0.4, 0.5) is 0 Å². The number of hydrogen-bond donors (Lipinski definition) is 3. The minimum Gasteiger partial charge on any atom is -0.508 e. The van der Waals surface area contributed by atoms with Gasteiger partial charge < -0.3 is 15.2 Å². The normalized spacial score (nSPS) is 15.1. The highest BCUT2D eigenvalue weighted by molar-refractivity contribution is 5.86. The molecule has 0 radical (unpaired) electrons. The highest BCUT2D eigenvalue weighted by atomic mass is 16.3. The molecule has 1 fully saturated rings. The summed E-state index contributed by atoms with van der Waals surface area (Å²) in [5.41, 5.74) is 4.56. The average Bonchev–Trinajstić information content (AvgIpc) is 3.09. The molecule has 0 bridgehead atoms.